The highest BCUT2D eigenvalue weighted by atomic mass is 35.6. The number of halogens is 3. The molecule has 0 aromatic heterocycles. The van der Waals surface area contributed by atoms with Gasteiger partial charge in [-0.25, -0.2) is 4.79 Å². The van der Waals surface area contributed by atoms with Crippen LogP contribution in [0.4, 0.5) is 4.79 Å². The third-order valence-electron chi connectivity index (χ3n) is 1.39. The Morgan fingerprint density at radius 1 is 1.35 bits per heavy atom. The Labute approximate surface area is 121 Å². The van der Waals surface area contributed by atoms with Gasteiger partial charge in [-0.05, 0) is 18.4 Å². The van der Waals surface area contributed by atoms with Gasteiger partial charge in [-0.3, -0.25) is 0 Å². The molecule has 0 aromatic carbocycles. The van der Waals surface area contributed by atoms with Crippen molar-refractivity contribution in [3.8, 4) is 0 Å². The molecule has 0 rings (SSSR count). The molecular formula is C7H14Cl3NO4PS+. The van der Waals surface area contributed by atoms with E-state index in [1.807, 2.05) is 0 Å². The summed E-state index contributed by atoms with van der Waals surface area (Å²) in [6, 6.07) is 0. The molecule has 0 heterocycles. The molecule has 0 radical (unpaired) electrons. The summed E-state index contributed by atoms with van der Waals surface area (Å²) in [5.74, 6) is 0. The number of amides is 1. The van der Waals surface area contributed by atoms with Gasteiger partial charge in [0.2, 0.25) is 3.79 Å². The maximum atomic E-state index is 11.1. The van der Waals surface area contributed by atoms with E-state index in [0.717, 1.165) is 0 Å². The van der Waals surface area contributed by atoms with Gasteiger partial charge < -0.3 is 9.64 Å². The fourth-order valence-electron chi connectivity index (χ4n) is 0.367. The number of carbonyl (C=O) groups excluding carboxylic acids is 1. The van der Waals surface area contributed by atoms with Gasteiger partial charge in [-0.2, -0.15) is 4.89 Å². The molecule has 0 bridgehead atoms. The lowest BCUT2D eigenvalue weighted by Gasteiger charge is -2.32. The minimum atomic E-state index is -2.18. The lowest BCUT2D eigenvalue weighted by atomic mass is 10.2. The Morgan fingerprint density at radius 2 is 1.65 bits per heavy atom. The van der Waals surface area contributed by atoms with Crippen LogP contribution in [0, 0.1) is 0 Å². The van der Waals surface area contributed by atoms with Crippen molar-refractivity contribution in [2.75, 3.05) is 14.1 Å². The second-order valence-corrected chi connectivity index (χ2v) is 7.34. The van der Waals surface area contributed by atoms with E-state index in [4.69, 9.17) is 49.0 Å². The summed E-state index contributed by atoms with van der Waals surface area (Å²) in [5.41, 5.74) is -1.15. The Bertz CT molecular complexity index is 279. The SMILES string of the molecule is CN(C)C(=O)OC(C)(C)C(Cl)(Cl)Cl.O=[P+](O)S. The Hall–Kier alpha value is 0.550. The summed E-state index contributed by atoms with van der Waals surface area (Å²) < 4.78 is 12.3. The largest absolute Gasteiger partial charge is 0.579 e. The van der Waals surface area contributed by atoms with Crippen LogP contribution >= 0.6 is 54.3 Å². The molecule has 0 aromatic rings. The number of hydrogen-bond donors (Lipinski definition) is 2. The van der Waals surface area contributed by atoms with Crippen LogP contribution in [0.15, 0.2) is 0 Å². The maximum absolute atomic E-state index is 11.1. The molecule has 1 unspecified atom stereocenters. The van der Waals surface area contributed by atoms with E-state index >= 15 is 0 Å². The summed E-state index contributed by atoms with van der Waals surface area (Å²) in [6.07, 6.45) is -0.545. The highest BCUT2D eigenvalue weighted by Crippen LogP contribution is 2.40. The van der Waals surface area contributed by atoms with Crippen molar-refractivity contribution in [1.29, 1.82) is 0 Å². The molecule has 0 spiro atoms. The van der Waals surface area contributed by atoms with Crippen LogP contribution in [-0.4, -0.2) is 39.4 Å². The molecule has 17 heavy (non-hydrogen) atoms. The predicted octanol–water partition coefficient (Wildman–Crippen LogP) is 3.40. The minimum absolute atomic E-state index is 0.545. The summed E-state index contributed by atoms with van der Waals surface area (Å²) in [7, 11) is 0.929. The van der Waals surface area contributed by atoms with E-state index in [9.17, 15) is 4.79 Å². The molecular weight excluding hydrogens is 331 g/mol. The van der Waals surface area contributed by atoms with Crippen molar-refractivity contribution in [2.45, 2.75) is 23.2 Å². The van der Waals surface area contributed by atoms with Gasteiger partial charge in [-0.1, -0.05) is 34.8 Å². The summed E-state index contributed by atoms with van der Waals surface area (Å²) in [6.45, 7) is 3.06. The summed E-state index contributed by atoms with van der Waals surface area (Å²) in [5, 5.41) is 0. The first kappa shape index (κ1) is 19.9. The number of thiol groups is 1. The average molecular weight is 346 g/mol. The smallest absolute Gasteiger partial charge is 0.439 e. The third kappa shape index (κ3) is 10.2. The fourth-order valence-corrected chi connectivity index (χ4v) is 0.483. The monoisotopic (exact) mass is 344 g/mol. The first-order valence-corrected chi connectivity index (χ1v) is 7.63. The van der Waals surface area contributed by atoms with Crippen molar-refractivity contribution < 1.29 is 19.0 Å². The fraction of sp³-hybridized carbons (Fsp3) is 0.857. The van der Waals surface area contributed by atoms with E-state index in [1.54, 1.807) is 14.1 Å². The van der Waals surface area contributed by atoms with Crippen LogP contribution in [0.1, 0.15) is 13.8 Å². The number of carbonyl (C=O) groups is 1. The Balaban J connectivity index is 0. The Morgan fingerprint density at radius 3 is 1.82 bits per heavy atom. The number of ether oxygens (including phenoxy) is 1. The molecule has 0 aliphatic carbocycles. The highest BCUT2D eigenvalue weighted by Gasteiger charge is 2.44. The standard InChI is InChI=1S/C7H12Cl3NO2.HO2PS/c1-6(2,7(8,9)10)13-5(12)11(3)4;1-3(2)4/h1-4H3;(H-,1,2,4)/p+1. The molecule has 0 aliphatic heterocycles. The first-order chi connectivity index (χ1) is 7.31. The molecule has 5 nitrogen and oxygen atoms in total. The van der Waals surface area contributed by atoms with E-state index in [1.165, 1.54) is 18.7 Å². The van der Waals surface area contributed by atoms with Gasteiger partial charge in [0.15, 0.2) is 5.60 Å². The van der Waals surface area contributed by atoms with E-state index < -0.39 is 22.7 Å². The van der Waals surface area contributed by atoms with Crippen LogP contribution in [0.3, 0.4) is 0 Å². The second-order valence-electron chi connectivity index (χ2n) is 3.52. The van der Waals surface area contributed by atoms with Gasteiger partial charge in [0.1, 0.15) is 12.2 Å². The van der Waals surface area contributed by atoms with Crippen molar-refractivity contribution in [2.24, 2.45) is 0 Å². The highest BCUT2D eigenvalue weighted by molar-refractivity contribution is 8.38. The zero-order valence-electron chi connectivity index (χ0n) is 9.65. The van der Waals surface area contributed by atoms with Crippen molar-refractivity contribution >= 4 is 60.4 Å². The van der Waals surface area contributed by atoms with E-state index in [0.29, 0.717) is 0 Å². The van der Waals surface area contributed by atoms with Gasteiger partial charge in [-0.15, -0.1) is 0 Å². The molecule has 1 atom stereocenters. The summed E-state index contributed by atoms with van der Waals surface area (Å²) >= 11 is 19.9. The lowest BCUT2D eigenvalue weighted by Crippen LogP contribution is -2.43. The number of nitrogens with zero attached hydrogens (tertiary/aromatic N) is 1. The van der Waals surface area contributed by atoms with Crippen LogP contribution < -0.4 is 0 Å². The topological polar surface area (TPSA) is 66.8 Å². The van der Waals surface area contributed by atoms with E-state index in [-0.39, 0.29) is 0 Å². The lowest BCUT2D eigenvalue weighted by molar-refractivity contribution is 0.0242. The van der Waals surface area contributed by atoms with Crippen LogP contribution in [-0.2, 0) is 9.30 Å². The molecule has 102 valence electrons. The van der Waals surface area contributed by atoms with Gasteiger partial charge >= 0.3 is 13.3 Å². The maximum Gasteiger partial charge on any atom is 0.579 e. The Kier molecular flexibility index (Phi) is 9.20. The molecule has 1 N–H and O–H groups in total. The van der Waals surface area contributed by atoms with Crippen molar-refractivity contribution in [1.82, 2.24) is 4.90 Å². The molecule has 10 heteroatoms. The molecule has 0 fully saturated rings. The number of hydrogen-bond acceptors (Lipinski definition) is 3. The number of alkyl halides is 3. The quantitative estimate of drug-likeness (QED) is 0.434. The van der Waals surface area contributed by atoms with E-state index in [2.05, 4.69) is 12.2 Å². The molecule has 0 aliphatic rings. The zero-order chi connectivity index (χ0) is 14.4. The minimum Gasteiger partial charge on any atom is -0.439 e. The molecule has 1 amide bonds. The normalized spacial score (nSPS) is 12.2. The zero-order valence-corrected chi connectivity index (χ0v) is 13.7. The molecule has 0 saturated carbocycles. The van der Waals surface area contributed by atoms with Crippen molar-refractivity contribution in [3.63, 3.8) is 0 Å². The number of rotatable bonds is 1. The van der Waals surface area contributed by atoms with Gasteiger partial charge in [0.05, 0.1) is 0 Å². The third-order valence-corrected chi connectivity index (χ3v) is 2.76. The second kappa shape index (κ2) is 7.87. The van der Waals surface area contributed by atoms with Crippen LogP contribution in [0.2, 0.25) is 0 Å². The summed E-state index contributed by atoms with van der Waals surface area (Å²) in [4.78, 5) is 19.8. The average Bonchev–Trinajstić information content (AvgIpc) is 1.99. The molecule has 0 saturated heterocycles. The van der Waals surface area contributed by atoms with Gasteiger partial charge in [0.25, 0.3) is 0 Å². The van der Waals surface area contributed by atoms with Gasteiger partial charge in [0, 0.05) is 14.1 Å². The van der Waals surface area contributed by atoms with Crippen LogP contribution in [0.5, 0.6) is 0 Å². The van der Waals surface area contributed by atoms with Crippen LogP contribution in [0.25, 0.3) is 0 Å². The first-order valence-electron chi connectivity index (χ1n) is 4.13. The predicted molar refractivity (Wildman–Crippen MR) is 73.3 cm³/mol. The van der Waals surface area contributed by atoms with Crippen molar-refractivity contribution in [3.05, 3.63) is 0 Å².